The van der Waals surface area contributed by atoms with Crippen molar-refractivity contribution in [2.24, 2.45) is 0 Å². The second-order valence-corrected chi connectivity index (χ2v) is 17.0. The number of thiophene rings is 1. The van der Waals surface area contributed by atoms with Crippen LogP contribution in [0.3, 0.4) is 0 Å². The molecule has 0 aliphatic rings. The molecule has 5 aromatic heterocycles. The molecule has 6 nitrogen and oxygen atoms in total. The summed E-state index contributed by atoms with van der Waals surface area (Å²) in [6, 6.07) is 66.7. The van der Waals surface area contributed by atoms with Gasteiger partial charge in [-0.1, -0.05) is 127 Å². The lowest BCUT2D eigenvalue weighted by molar-refractivity contribution is 0.669. The molecule has 0 saturated carbocycles. The first kappa shape index (κ1) is 33.7. The Balaban J connectivity index is 1.07. The van der Waals surface area contributed by atoms with Gasteiger partial charge in [0, 0.05) is 52.7 Å². The van der Waals surface area contributed by atoms with Gasteiger partial charge in [0.25, 0.3) is 0 Å². The van der Waals surface area contributed by atoms with Crippen LogP contribution >= 0.6 is 11.3 Å². The Morgan fingerprint density at radius 1 is 0.403 bits per heavy atom. The van der Waals surface area contributed by atoms with Gasteiger partial charge >= 0.3 is 0 Å². The SMILES string of the molecule is c1ccc2cc3c(cc2c1)c1ccccc1n3-c1ccc(-c2nc(-c3ccc4c(c3)sc3ccccc34)nc(-n3c4ccccc4c4ccccc43)n2)c2oc3ccccc3c12. The fourth-order valence-electron chi connectivity index (χ4n) is 9.81. The number of aromatic nitrogens is 5. The molecule has 0 aliphatic carbocycles. The van der Waals surface area contributed by atoms with Crippen molar-refractivity contribution in [3.05, 3.63) is 188 Å². The van der Waals surface area contributed by atoms with Gasteiger partial charge in [-0.05, 0) is 71.4 Å². The Hall–Kier alpha value is -8.13. The molecule has 0 amide bonds. The number of nitrogens with zero attached hydrogens (tertiary/aromatic N) is 5. The van der Waals surface area contributed by atoms with Gasteiger partial charge in [0.2, 0.25) is 5.95 Å². The largest absolute Gasteiger partial charge is 0.455 e. The molecule has 7 heteroatoms. The molecule has 62 heavy (non-hydrogen) atoms. The minimum Gasteiger partial charge on any atom is -0.455 e. The maximum atomic E-state index is 6.96. The molecule has 0 unspecified atom stereocenters. The van der Waals surface area contributed by atoms with E-state index in [1.165, 1.54) is 41.7 Å². The van der Waals surface area contributed by atoms with E-state index in [1.807, 2.05) is 12.1 Å². The van der Waals surface area contributed by atoms with E-state index in [0.717, 1.165) is 71.6 Å². The van der Waals surface area contributed by atoms with Crippen molar-refractivity contribution in [1.82, 2.24) is 24.1 Å². The van der Waals surface area contributed by atoms with Crippen LogP contribution in [-0.2, 0) is 0 Å². The van der Waals surface area contributed by atoms with Crippen LogP contribution in [0.1, 0.15) is 0 Å². The number of para-hydroxylation sites is 4. The molecule has 9 aromatic carbocycles. The van der Waals surface area contributed by atoms with E-state index in [2.05, 4.69) is 185 Å². The Morgan fingerprint density at radius 2 is 1.00 bits per heavy atom. The van der Waals surface area contributed by atoms with Crippen molar-refractivity contribution in [2.75, 3.05) is 0 Å². The zero-order valence-electron chi connectivity index (χ0n) is 33.0. The third-order valence-corrected chi connectivity index (χ3v) is 13.7. The maximum absolute atomic E-state index is 6.96. The van der Waals surface area contributed by atoms with E-state index in [4.69, 9.17) is 19.4 Å². The van der Waals surface area contributed by atoms with E-state index in [-0.39, 0.29) is 0 Å². The molecule has 0 atom stereocenters. The number of benzene rings is 9. The molecule has 14 aromatic rings. The summed E-state index contributed by atoms with van der Waals surface area (Å²) in [5.74, 6) is 1.67. The first-order valence-corrected chi connectivity index (χ1v) is 21.6. The summed E-state index contributed by atoms with van der Waals surface area (Å²) in [7, 11) is 0. The van der Waals surface area contributed by atoms with E-state index < -0.39 is 0 Å². The molecule has 0 fully saturated rings. The summed E-state index contributed by atoms with van der Waals surface area (Å²) in [4.78, 5) is 16.1. The van der Waals surface area contributed by atoms with Crippen molar-refractivity contribution in [2.45, 2.75) is 0 Å². The number of rotatable bonds is 4. The second-order valence-electron chi connectivity index (χ2n) is 16.0. The Kier molecular flexibility index (Phi) is 6.89. The standard InChI is InChI=1S/C55H31N5OS/c1-2-14-33-30-47-42(29-32(33)13-1)37-17-5-8-20-43(37)59(47)46-28-27-41(52-51(46)40-19-6-11-23-48(40)61-52)54-56-53(34-25-26-39-38-18-7-12-24-49(38)62-50(39)31-34)57-55(58-54)60-44-21-9-3-15-35(44)36-16-4-10-22-45(36)60/h1-31H. The fraction of sp³-hybridized carbons (Fsp3) is 0. The number of furan rings is 1. The van der Waals surface area contributed by atoms with Crippen molar-refractivity contribution in [3.8, 4) is 34.4 Å². The van der Waals surface area contributed by atoms with Crippen LogP contribution < -0.4 is 0 Å². The van der Waals surface area contributed by atoms with Gasteiger partial charge in [-0.3, -0.25) is 4.57 Å². The topological polar surface area (TPSA) is 61.7 Å². The lowest BCUT2D eigenvalue weighted by Crippen LogP contribution is -2.06. The minimum atomic E-state index is 0.534. The van der Waals surface area contributed by atoms with Crippen LogP contribution in [0.15, 0.2) is 192 Å². The summed E-state index contributed by atoms with van der Waals surface area (Å²) in [5.41, 5.74) is 8.59. The summed E-state index contributed by atoms with van der Waals surface area (Å²) < 4.78 is 14.0. The third-order valence-electron chi connectivity index (χ3n) is 12.6. The molecule has 14 rings (SSSR count). The average Bonchev–Trinajstić information content (AvgIpc) is 4.08. The van der Waals surface area contributed by atoms with E-state index in [9.17, 15) is 0 Å². The Bertz CT molecular complexity index is 4130. The quantitative estimate of drug-likeness (QED) is 0.178. The summed E-state index contributed by atoms with van der Waals surface area (Å²) in [6.07, 6.45) is 0. The van der Waals surface area contributed by atoms with Crippen LogP contribution in [0.25, 0.3) is 131 Å². The molecule has 0 saturated heterocycles. The Morgan fingerprint density at radius 3 is 1.77 bits per heavy atom. The van der Waals surface area contributed by atoms with Crippen molar-refractivity contribution in [1.29, 1.82) is 0 Å². The van der Waals surface area contributed by atoms with Crippen LogP contribution in [0.4, 0.5) is 0 Å². The molecule has 0 spiro atoms. The van der Waals surface area contributed by atoms with Crippen LogP contribution in [-0.4, -0.2) is 24.1 Å². The summed E-state index contributed by atoms with van der Waals surface area (Å²) in [5, 5.41) is 11.6. The first-order chi connectivity index (χ1) is 30.7. The van der Waals surface area contributed by atoms with E-state index in [1.54, 1.807) is 11.3 Å². The maximum Gasteiger partial charge on any atom is 0.238 e. The van der Waals surface area contributed by atoms with Crippen molar-refractivity contribution in [3.63, 3.8) is 0 Å². The molecule has 0 bridgehead atoms. The van der Waals surface area contributed by atoms with E-state index in [0.29, 0.717) is 17.6 Å². The fourth-order valence-corrected chi connectivity index (χ4v) is 11.0. The summed E-state index contributed by atoms with van der Waals surface area (Å²) >= 11 is 1.79. The van der Waals surface area contributed by atoms with Crippen LogP contribution in [0, 0.1) is 0 Å². The van der Waals surface area contributed by atoms with Crippen LogP contribution in [0.5, 0.6) is 0 Å². The van der Waals surface area contributed by atoms with Crippen molar-refractivity contribution >= 4 is 108 Å². The van der Waals surface area contributed by atoms with Gasteiger partial charge in [-0.25, -0.2) is 4.98 Å². The average molecular weight is 810 g/mol. The predicted octanol–water partition coefficient (Wildman–Crippen LogP) is 14.8. The number of hydrogen-bond acceptors (Lipinski definition) is 5. The van der Waals surface area contributed by atoms with Gasteiger partial charge in [-0.15, -0.1) is 11.3 Å². The normalized spacial score (nSPS) is 12.2. The highest BCUT2D eigenvalue weighted by Crippen LogP contribution is 2.44. The number of fused-ring (bicyclic) bond motifs is 13. The molecular formula is C55H31N5OS. The second kappa shape index (κ2) is 12.7. The zero-order chi connectivity index (χ0) is 40.5. The van der Waals surface area contributed by atoms with E-state index >= 15 is 0 Å². The monoisotopic (exact) mass is 809 g/mol. The van der Waals surface area contributed by atoms with Crippen LogP contribution in [0.2, 0.25) is 0 Å². The Labute approximate surface area is 357 Å². The summed E-state index contributed by atoms with van der Waals surface area (Å²) in [6.45, 7) is 0. The highest BCUT2D eigenvalue weighted by atomic mass is 32.1. The third kappa shape index (κ3) is 4.76. The van der Waals surface area contributed by atoms with Gasteiger partial charge in [0.1, 0.15) is 11.2 Å². The predicted molar refractivity (Wildman–Crippen MR) is 257 cm³/mol. The van der Waals surface area contributed by atoms with Gasteiger partial charge in [0.15, 0.2) is 11.6 Å². The smallest absolute Gasteiger partial charge is 0.238 e. The minimum absolute atomic E-state index is 0.534. The zero-order valence-corrected chi connectivity index (χ0v) is 33.8. The van der Waals surface area contributed by atoms with Gasteiger partial charge in [0.05, 0.1) is 38.7 Å². The lowest BCUT2D eigenvalue weighted by atomic mass is 10.0. The highest BCUT2D eigenvalue weighted by molar-refractivity contribution is 7.25. The number of hydrogen-bond donors (Lipinski definition) is 0. The molecule has 0 aliphatic heterocycles. The molecular weight excluding hydrogens is 779 g/mol. The molecule has 288 valence electrons. The first-order valence-electron chi connectivity index (χ1n) is 20.8. The highest BCUT2D eigenvalue weighted by Gasteiger charge is 2.24. The van der Waals surface area contributed by atoms with Gasteiger partial charge < -0.3 is 8.98 Å². The molecule has 5 heterocycles. The lowest BCUT2D eigenvalue weighted by Gasteiger charge is -2.13. The van der Waals surface area contributed by atoms with Crippen molar-refractivity contribution < 1.29 is 4.42 Å². The molecule has 0 N–H and O–H groups in total. The van der Waals surface area contributed by atoms with Gasteiger partial charge in [-0.2, -0.15) is 9.97 Å². The molecule has 0 radical (unpaired) electrons.